The lowest BCUT2D eigenvalue weighted by Gasteiger charge is -2.09. The first-order valence-electron chi connectivity index (χ1n) is 4.14. The summed E-state index contributed by atoms with van der Waals surface area (Å²) in [6, 6.07) is 0. The molecule has 0 unspecified atom stereocenters. The van der Waals surface area contributed by atoms with Gasteiger partial charge in [0.25, 0.3) is 0 Å². The van der Waals surface area contributed by atoms with E-state index in [1.165, 1.54) is 0 Å². The van der Waals surface area contributed by atoms with Crippen LogP contribution >= 0.6 is 0 Å². The van der Waals surface area contributed by atoms with Gasteiger partial charge in [-0.15, -0.1) is 0 Å². The number of hydrogen-bond donors (Lipinski definition) is 0. The minimum atomic E-state index is -0.328. The zero-order valence-corrected chi connectivity index (χ0v) is 7.34. The van der Waals surface area contributed by atoms with E-state index in [9.17, 15) is 4.79 Å². The van der Waals surface area contributed by atoms with Gasteiger partial charge in [-0.05, 0) is 19.8 Å². The van der Waals surface area contributed by atoms with Crippen molar-refractivity contribution in [1.29, 1.82) is 0 Å². The van der Waals surface area contributed by atoms with Crippen molar-refractivity contribution in [2.24, 2.45) is 0 Å². The Labute approximate surface area is 72.4 Å². The van der Waals surface area contributed by atoms with Crippen molar-refractivity contribution in [3.8, 4) is 0 Å². The molecule has 1 saturated heterocycles. The Morgan fingerprint density at radius 3 is 3.00 bits per heavy atom. The molecule has 0 spiro atoms. The van der Waals surface area contributed by atoms with Gasteiger partial charge < -0.3 is 9.47 Å². The van der Waals surface area contributed by atoms with Gasteiger partial charge in [0.05, 0.1) is 6.10 Å². The number of rotatable bonds is 3. The molecule has 1 aliphatic heterocycles. The maximum atomic E-state index is 10.9. The van der Waals surface area contributed by atoms with Crippen molar-refractivity contribution in [1.82, 2.24) is 0 Å². The lowest BCUT2D eigenvalue weighted by Crippen LogP contribution is -2.17. The Balaban J connectivity index is 2.16. The highest BCUT2D eigenvalue weighted by Gasteiger charge is 2.17. The maximum absolute atomic E-state index is 10.9. The molecule has 1 aliphatic rings. The first kappa shape index (κ1) is 9.26. The van der Waals surface area contributed by atoms with Crippen molar-refractivity contribution in [3.05, 3.63) is 12.2 Å². The van der Waals surface area contributed by atoms with Crippen molar-refractivity contribution >= 4 is 5.97 Å². The Bertz CT molecular complexity index is 180. The highest BCUT2D eigenvalue weighted by atomic mass is 16.6. The summed E-state index contributed by atoms with van der Waals surface area (Å²) in [5.74, 6) is -0.328. The van der Waals surface area contributed by atoms with E-state index in [-0.39, 0.29) is 12.1 Å². The minimum absolute atomic E-state index is 0.105. The molecule has 0 aromatic rings. The average Bonchev–Trinajstić information content (AvgIpc) is 2.51. The molecule has 0 bridgehead atoms. The predicted octanol–water partition coefficient (Wildman–Crippen LogP) is 1.28. The molecular formula is C9H14O3. The molecule has 0 radical (unpaired) electrons. The first-order valence-corrected chi connectivity index (χ1v) is 4.14. The second-order valence-electron chi connectivity index (χ2n) is 3.01. The fourth-order valence-electron chi connectivity index (χ4n) is 1.07. The third-order valence-corrected chi connectivity index (χ3v) is 1.77. The van der Waals surface area contributed by atoms with Crippen LogP contribution in [0.5, 0.6) is 0 Å². The standard InChI is InChI=1S/C9H14O3/c1-7(2)9(10)12-6-8-4-3-5-11-8/h8H,1,3-6H2,2H3/t8-/m1/s1. The summed E-state index contributed by atoms with van der Waals surface area (Å²) in [5.41, 5.74) is 0.438. The molecule has 1 heterocycles. The summed E-state index contributed by atoms with van der Waals surface area (Å²) in [5, 5.41) is 0. The van der Waals surface area contributed by atoms with Crippen LogP contribution in [0.1, 0.15) is 19.8 Å². The van der Waals surface area contributed by atoms with E-state index in [4.69, 9.17) is 9.47 Å². The Morgan fingerprint density at radius 1 is 1.75 bits per heavy atom. The van der Waals surface area contributed by atoms with Crippen LogP contribution in [0.25, 0.3) is 0 Å². The van der Waals surface area contributed by atoms with Crippen LogP contribution in [0.2, 0.25) is 0 Å². The largest absolute Gasteiger partial charge is 0.460 e. The molecule has 0 amide bonds. The number of ether oxygens (including phenoxy) is 2. The Morgan fingerprint density at radius 2 is 2.50 bits per heavy atom. The molecule has 1 rings (SSSR count). The smallest absolute Gasteiger partial charge is 0.333 e. The van der Waals surface area contributed by atoms with E-state index in [1.807, 2.05) is 0 Å². The summed E-state index contributed by atoms with van der Waals surface area (Å²) in [6.45, 7) is 6.28. The minimum Gasteiger partial charge on any atom is -0.460 e. The Hall–Kier alpha value is -0.830. The van der Waals surface area contributed by atoms with Crippen LogP contribution in [0, 0.1) is 0 Å². The summed E-state index contributed by atoms with van der Waals surface area (Å²) in [4.78, 5) is 10.9. The zero-order valence-electron chi connectivity index (χ0n) is 7.34. The fourth-order valence-corrected chi connectivity index (χ4v) is 1.07. The fraction of sp³-hybridized carbons (Fsp3) is 0.667. The summed E-state index contributed by atoms with van der Waals surface area (Å²) in [7, 11) is 0. The molecule has 1 atom stereocenters. The van der Waals surface area contributed by atoms with Gasteiger partial charge in [-0.1, -0.05) is 6.58 Å². The highest BCUT2D eigenvalue weighted by molar-refractivity contribution is 5.86. The van der Waals surface area contributed by atoms with Crippen molar-refractivity contribution in [2.75, 3.05) is 13.2 Å². The highest BCUT2D eigenvalue weighted by Crippen LogP contribution is 2.12. The van der Waals surface area contributed by atoms with Gasteiger partial charge in [-0.3, -0.25) is 0 Å². The van der Waals surface area contributed by atoms with E-state index in [0.29, 0.717) is 12.2 Å². The van der Waals surface area contributed by atoms with E-state index in [1.54, 1.807) is 6.92 Å². The van der Waals surface area contributed by atoms with Crippen molar-refractivity contribution < 1.29 is 14.3 Å². The summed E-state index contributed by atoms with van der Waals surface area (Å²) in [6.07, 6.45) is 2.16. The third-order valence-electron chi connectivity index (χ3n) is 1.77. The van der Waals surface area contributed by atoms with Gasteiger partial charge in [0.15, 0.2) is 0 Å². The number of carbonyl (C=O) groups is 1. The lowest BCUT2D eigenvalue weighted by atomic mass is 10.2. The molecule has 0 aromatic carbocycles. The second-order valence-corrected chi connectivity index (χ2v) is 3.01. The molecule has 3 heteroatoms. The van der Waals surface area contributed by atoms with E-state index < -0.39 is 0 Å². The Kier molecular flexibility index (Phi) is 3.29. The van der Waals surface area contributed by atoms with E-state index in [0.717, 1.165) is 19.4 Å². The molecule has 0 aliphatic carbocycles. The van der Waals surface area contributed by atoms with Crippen LogP contribution < -0.4 is 0 Å². The number of esters is 1. The van der Waals surface area contributed by atoms with E-state index >= 15 is 0 Å². The molecule has 68 valence electrons. The predicted molar refractivity (Wildman–Crippen MR) is 44.7 cm³/mol. The van der Waals surface area contributed by atoms with Gasteiger partial charge in [-0.25, -0.2) is 4.79 Å². The molecule has 1 fully saturated rings. The normalized spacial score (nSPS) is 22.2. The van der Waals surface area contributed by atoms with Crippen molar-refractivity contribution in [2.45, 2.75) is 25.9 Å². The van der Waals surface area contributed by atoms with Gasteiger partial charge in [0, 0.05) is 12.2 Å². The quantitative estimate of drug-likeness (QED) is 0.473. The zero-order chi connectivity index (χ0) is 8.97. The molecule has 0 saturated carbocycles. The van der Waals surface area contributed by atoms with E-state index in [2.05, 4.69) is 6.58 Å². The monoisotopic (exact) mass is 170 g/mol. The molecule has 12 heavy (non-hydrogen) atoms. The second kappa shape index (κ2) is 4.26. The molecule has 3 nitrogen and oxygen atoms in total. The number of carbonyl (C=O) groups excluding carboxylic acids is 1. The third kappa shape index (κ3) is 2.66. The lowest BCUT2D eigenvalue weighted by molar-refractivity contribution is -0.142. The van der Waals surface area contributed by atoms with Gasteiger partial charge in [0.2, 0.25) is 0 Å². The summed E-state index contributed by atoms with van der Waals surface area (Å²) >= 11 is 0. The van der Waals surface area contributed by atoms with Crippen LogP contribution in [0.4, 0.5) is 0 Å². The van der Waals surface area contributed by atoms with Crippen LogP contribution in [-0.4, -0.2) is 25.3 Å². The SMILES string of the molecule is C=C(C)C(=O)OC[C@H]1CCCO1. The van der Waals surface area contributed by atoms with Gasteiger partial charge in [0.1, 0.15) is 6.61 Å². The van der Waals surface area contributed by atoms with Crippen LogP contribution in [0.15, 0.2) is 12.2 Å². The van der Waals surface area contributed by atoms with Gasteiger partial charge in [-0.2, -0.15) is 0 Å². The van der Waals surface area contributed by atoms with Gasteiger partial charge >= 0.3 is 5.97 Å². The molecular weight excluding hydrogens is 156 g/mol. The average molecular weight is 170 g/mol. The maximum Gasteiger partial charge on any atom is 0.333 e. The molecule has 0 aromatic heterocycles. The first-order chi connectivity index (χ1) is 5.70. The van der Waals surface area contributed by atoms with Crippen molar-refractivity contribution in [3.63, 3.8) is 0 Å². The topological polar surface area (TPSA) is 35.5 Å². The van der Waals surface area contributed by atoms with Crippen LogP contribution in [0.3, 0.4) is 0 Å². The summed E-state index contributed by atoms with van der Waals surface area (Å²) < 4.78 is 10.2. The van der Waals surface area contributed by atoms with Crippen LogP contribution in [-0.2, 0) is 14.3 Å². The number of hydrogen-bond acceptors (Lipinski definition) is 3. The molecule has 0 N–H and O–H groups in total.